The number of sulfonamides is 1. The van der Waals surface area contributed by atoms with Gasteiger partial charge in [0, 0.05) is 17.3 Å². The molecule has 0 fully saturated rings. The van der Waals surface area contributed by atoms with Crippen molar-refractivity contribution in [2.75, 3.05) is 18.5 Å². The second-order valence-electron chi connectivity index (χ2n) is 5.24. The molecule has 1 aliphatic heterocycles. The summed E-state index contributed by atoms with van der Waals surface area (Å²) in [5.41, 5.74) is 1.34. The average Bonchev–Trinajstić information content (AvgIpc) is 2.92. The van der Waals surface area contributed by atoms with Gasteiger partial charge in [-0.2, -0.15) is 0 Å². The lowest BCUT2D eigenvalue weighted by Gasteiger charge is -2.09. The van der Waals surface area contributed by atoms with Gasteiger partial charge in [0.25, 0.3) is 0 Å². The number of nitrogens with one attached hydrogen (secondary N) is 2. The normalized spacial score (nSPS) is 13.5. The lowest BCUT2D eigenvalue weighted by molar-refractivity contribution is -0.115. The van der Waals surface area contributed by atoms with Gasteiger partial charge in [-0.15, -0.1) is 0 Å². The van der Waals surface area contributed by atoms with Crippen molar-refractivity contribution in [3.8, 4) is 5.75 Å². The van der Waals surface area contributed by atoms with E-state index in [1.807, 2.05) is 0 Å². The lowest BCUT2D eigenvalue weighted by Crippen LogP contribution is -2.28. The number of rotatable bonds is 6. The van der Waals surface area contributed by atoms with Gasteiger partial charge in [-0.3, -0.25) is 4.79 Å². The summed E-state index contributed by atoms with van der Waals surface area (Å²) in [6, 6.07) is 11.4. The van der Waals surface area contributed by atoms with Gasteiger partial charge in [0.2, 0.25) is 15.9 Å². The molecule has 2 aromatic rings. The van der Waals surface area contributed by atoms with Crippen molar-refractivity contribution >= 4 is 33.2 Å². The summed E-state index contributed by atoms with van der Waals surface area (Å²) < 4.78 is 32.5. The van der Waals surface area contributed by atoms with Crippen LogP contribution in [0.15, 0.2) is 47.4 Å². The van der Waals surface area contributed by atoms with Crippen LogP contribution in [-0.4, -0.2) is 27.5 Å². The van der Waals surface area contributed by atoms with Crippen LogP contribution >= 0.6 is 11.6 Å². The highest BCUT2D eigenvalue weighted by atomic mass is 35.5. The number of ether oxygens (including phenoxy) is 1. The largest absolute Gasteiger partial charge is 0.492 e. The molecule has 1 aliphatic rings. The fourth-order valence-electron chi connectivity index (χ4n) is 2.33. The van der Waals surface area contributed by atoms with E-state index in [0.29, 0.717) is 22.0 Å². The molecule has 0 bridgehead atoms. The van der Waals surface area contributed by atoms with E-state index >= 15 is 0 Å². The number of hydrogen-bond donors (Lipinski definition) is 2. The third-order valence-corrected chi connectivity index (χ3v) is 5.20. The number of halogens is 1. The quantitative estimate of drug-likeness (QED) is 0.767. The molecule has 1 amide bonds. The Morgan fingerprint density at radius 2 is 1.92 bits per heavy atom. The van der Waals surface area contributed by atoms with E-state index in [1.54, 1.807) is 30.3 Å². The van der Waals surface area contributed by atoms with Crippen molar-refractivity contribution < 1.29 is 17.9 Å². The zero-order valence-corrected chi connectivity index (χ0v) is 14.2. The van der Waals surface area contributed by atoms with Gasteiger partial charge < -0.3 is 10.1 Å². The minimum atomic E-state index is -3.65. The van der Waals surface area contributed by atoms with Gasteiger partial charge in [-0.25, -0.2) is 13.1 Å². The summed E-state index contributed by atoms with van der Waals surface area (Å²) in [6.45, 7) is 0.311. The Bertz CT molecular complexity index is 866. The molecule has 2 aromatic carbocycles. The van der Waals surface area contributed by atoms with Gasteiger partial charge in [-0.05, 0) is 48.0 Å². The first-order chi connectivity index (χ1) is 11.4. The summed E-state index contributed by atoms with van der Waals surface area (Å²) in [7, 11) is -3.65. The van der Waals surface area contributed by atoms with Crippen molar-refractivity contribution in [1.29, 1.82) is 0 Å². The fourth-order valence-corrected chi connectivity index (χ4v) is 3.52. The topological polar surface area (TPSA) is 84.5 Å². The highest BCUT2D eigenvalue weighted by molar-refractivity contribution is 7.89. The summed E-state index contributed by atoms with van der Waals surface area (Å²) in [6.07, 6.45) is 0.193. The molecule has 8 heteroatoms. The van der Waals surface area contributed by atoms with Crippen LogP contribution in [-0.2, 0) is 21.2 Å². The number of anilines is 1. The monoisotopic (exact) mass is 366 g/mol. The lowest BCUT2D eigenvalue weighted by atomic mass is 10.2. The number of amides is 1. The van der Waals surface area contributed by atoms with Crippen molar-refractivity contribution in [2.45, 2.75) is 11.3 Å². The standard InChI is InChI=1S/C16H15ClN2O4S/c17-12-1-3-13(4-2-12)23-8-7-18-24(21,22)14-5-6-15-11(9-14)10-16(20)19-15/h1-6,9,18H,7-8,10H2,(H,19,20). The molecule has 2 N–H and O–H groups in total. The van der Waals surface area contributed by atoms with Crippen LogP contribution in [0.4, 0.5) is 5.69 Å². The maximum atomic E-state index is 12.3. The molecule has 6 nitrogen and oxygen atoms in total. The van der Waals surface area contributed by atoms with Crippen LogP contribution in [0.3, 0.4) is 0 Å². The van der Waals surface area contributed by atoms with Gasteiger partial charge in [0.15, 0.2) is 0 Å². The highest BCUT2D eigenvalue weighted by Gasteiger charge is 2.21. The number of carbonyl (C=O) groups excluding carboxylic acids is 1. The Morgan fingerprint density at radius 3 is 2.67 bits per heavy atom. The molecule has 126 valence electrons. The van der Waals surface area contributed by atoms with Crippen molar-refractivity contribution in [2.24, 2.45) is 0 Å². The van der Waals surface area contributed by atoms with E-state index in [0.717, 1.165) is 0 Å². The van der Waals surface area contributed by atoms with Gasteiger partial charge in [0.1, 0.15) is 12.4 Å². The van der Waals surface area contributed by atoms with Crippen LogP contribution in [0.5, 0.6) is 5.75 Å². The van der Waals surface area contributed by atoms with E-state index in [4.69, 9.17) is 16.3 Å². The predicted octanol–water partition coefficient (Wildman–Crippen LogP) is 2.19. The molecule has 0 unspecified atom stereocenters. The molecular formula is C16H15ClN2O4S. The van der Waals surface area contributed by atoms with Gasteiger partial charge in [-0.1, -0.05) is 11.6 Å². The second kappa shape index (κ2) is 6.80. The first-order valence-corrected chi connectivity index (χ1v) is 9.11. The molecule has 0 radical (unpaired) electrons. The summed E-state index contributed by atoms with van der Waals surface area (Å²) in [5, 5.41) is 3.27. The van der Waals surface area contributed by atoms with Gasteiger partial charge in [0.05, 0.1) is 11.3 Å². The molecule has 24 heavy (non-hydrogen) atoms. The number of fused-ring (bicyclic) bond motifs is 1. The highest BCUT2D eigenvalue weighted by Crippen LogP contribution is 2.25. The van der Waals surface area contributed by atoms with Crippen molar-refractivity contribution in [3.63, 3.8) is 0 Å². The maximum Gasteiger partial charge on any atom is 0.240 e. The van der Waals surface area contributed by atoms with E-state index in [1.165, 1.54) is 12.1 Å². The third-order valence-electron chi connectivity index (χ3n) is 3.49. The smallest absolute Gasteiger partial charge is 0.240 e. The van der Waals surface area contributed by atoms with E-state index in [9.17, 15) is 13.2 Å². The zero-order valence-electron chi connectivity index (χ0n) is 12.6. The Balaban J connectivity index is 1.57. The Hall–Kier alpha value is -2.09. The predicted molar refractivity (Wildman–Crippen MR) is 90.9 cm³/mol. The first kappa shape index (κ1) is 16.8. The summed E-state index contributed by atoms with van der Waals surface area (Å²) >= 11 is 5.78. The Kier molecular flexibility index (Phi) is 4.75. The minimum Gasteiger partial charge on any atom is -0.492 e. The molecule has 0 aliphatic carbocycles. The molecular weight excluding hydrogens is 352 g/mol. The number of hydrogen-bond acceptors (Lipinski definition) is 4. The second-order valence-corrected chi connectivity index (χ2v) is 7.45. The van der Waals surface area contributed by atoms with Crippen LogP contribution in [0.25, 0.3) is 0 Å². The Morgan fingerprint density at radius 1 is 1.17 bits per heavy atom. The molecule has 0 atom stereocenters. The summed E-state index contributed by atoms with van der Waals surface area (Å²) in [5.74, 6) is 0.476. The maximum absolute atomic E-state index is 12.3. The number of carbonyl (C=O) groups is 1. The molecule has 0 spiro atoms. The zero-order chi connectivity index (χ0) is 17.2. The third kappa shape index (κ3) is 3.87. The number of benzene rings is 2. The fraction of sp³-hybridized carbons (Fsp3) is 0.188. The van der Waals surface area contributed by atoms with E-state index in [-0.39, 0.29) is 30.4 Å². The minimum absolute atomic E-state index is 0.124. The van der Waals surface area contributed by atoms with Crippen LogP contribution in [0.1, 0.15) is 5.56 Å². The van der Waals surface area contributed by atoms with Crippen LogP contribution in [0, 0.1) is 0 Å². The molecule has 0 aromatic heterocycles. The van der Waals surface area contributed by atoms with Crippen LogP contribution in [0.2, 0.25) is 5.02 Å². The van der Waals surface area contributed by atoms with Crippen LogP contribution < -0.4 is 14.8 Å². The van der Waals surface area contributed by atoms with E-state index < -0.39 is 10.0 Å². The molecule has 1 heterocycles. The summed E-state index contributed by atoms with van der Waals surface area (Å²) in [4.78, 5) is 11.5. The molecule has 3 rings (SSSR count). The van der Waals surface area contributed by atoms with Crippen molar-refractivity contribution in [3.05, 3.63) is 53.1 Å². The molecule has 0 saturated carbocycles. The molecule has 0 saturated heterocycles. The van der Waals surface area contributed by atoms with Gasteiger partial charge >= 0.3 is 0 Å². The Labute approximate surface area is 144 Å². The first-order valence-electron chi connectivity index (χ1n) is 7.25. The average molecular weight is 367 g/mol. The van der Waals surface area contributed by atoms with E-state index in [2.05, 4.69) is 10.0 Å². The van der Waals surface area contributed by atoms with Crippen molar-refractivity contribution in [1.82, 2.24) is 4.72 Å². The SMILES string of the molecule is O=C1Cc2cc(S(=O)(=O)NCCOc3ccc(Cl)cc3)ccc2N1.